The molecule has 1 fully saturated rings. The quantitative estimate of drug-likeness (QED) is 0.820. The summed E-state index contributed by atoms with van der Waals surface area (Å²) < 4.78 is 34.8. The topological polar surface area (TPSA) is 73.2 Å². The Morgan fingerprint density at radius 1 is 1.24 bits per heavy atom. The van der Waals surface area contributed by atoms with Crippen molar-refractivity contribution in [3.05, 3.63) is 42.2 Å². The maximum atomic E-state index is 12.5. The number of benzene rings is 1. The second-order valence-electron chi connectivity index (χ2n) is 6.51. The van der Waals surface area contributed by atoms with E-state index in [0.29, 0.717) is 11.6 Å². The molecule has 0 bridgehead atoms. The van der Waals surface area contributed by atoms with Gasteiger partial charge in [-0.2, -0.15) is 5.10 Å². The van der Waals surface area contributed by atoms with E-state index in [1.165, 1.54) is 0 Å². The lowest BCUT2D eigenvalue weighted by atomic mass is 10.0. The smallest absolute Gasteiger partial charge is 0.261 e. The first kappa shape index (κ1) is 17.9. The van der Waals surface area contributed by atoms with Gasteiger partial charge in [0, 0.05) is 26.0 Å². The number of aryl methyl sites for hydroxylation is 1. The van der Waals surface area contributed by atoms with E-state index in [-0.39, 0.29) is 4.90 Å². The number of ether oxygens (including phenoxy) is 1. The van der Waals surface area contributed by atoms with Gasteiger partial charge in [0.1, 0.15) is 0 Å². The van der Waals surface area contributed by atoms with Crippen molar-refractivity contribution in [2.75, 3.05) is 17.9 Å². The normalized spacial score (nSPS) is 16.0. The predicted octanol–water partition coefficient (Wildman–Crippen LogP) is 3.06. The van der Waals surface area contributed by atoms with Gasteiger partial charge in [-0.1, -0.05) is 25.5 Å². The Hall–Kier alpha value is -1.86. The van der Waals surface area contributed by atoms with Gasteiger partial charge < -0.3 is 4.74 Å². The van der Waals surface area contributed by atoms with Crippen LogP contribution in [-0.4, -0.2) is 31.4 Å². The summed E-state index contributed by atoms with van der Waals surface area (Å²) >= 11 is 0. The minimum atomic E-state index is -3.59. The Labute approximate surface area is 149 Å². The molecule has 25 heavy (non-hydrogen) atoms. The minimum Gasteiger partial charge on any atom is -0.381 e. The molecule has 2 aromatic rings. The van der Waals surface area contributed by atoms with Crippen LogP contribution in [0.15, 0.2) is 41.6 Å². The number of hydrogen-bond acceptors (Lipinski definition) is 4. The molecule has 0 saturated carbocycles. The van der Waals surface area contributed by atoms with Gasteiger partial charge in [-0.15, -0.1) is 0 Å². The number of nitrogens with zero attached hydrogens (tertiary/aromatic N) is 2. The average molecular weight is 363 g/mol. The molecule has 3 rings (SSSR count). The van der Waals surface area contributed by atoms with Gasteiger partial charge >= 0.3 is 0 Å². The molecule has 0 unspecified atom stereocenters. The molecule has 7 heteroatoms. The van der Waals surface area contributed by atoms with Crippen molar-refractivity contribution in [1.82, 2.24) is 9.78 Å². The third kappa shape index (κ3) is 4.83. The highest BCUT2D eigenvalue weighted by Gasteiger charge is 2.17. The van der Waals surface area contributed by atoms with Gasteiger partial charge in [-0.25, -0.2) is 8.42 Å². The molecule has 1 aromatic heterocycles. The summed E-state index contributed by atoms with van der Waals surface area (Å²) in [6.45, 7) is 4.47. The highest BCUT2D eigenvalue weighted by molar-refractivity contribution is 7.92. The van der Waals surface area contributed by atoms with Gasteiger partial charge in [0.05, 0.1) is 16.8 Å². The largest absolute Gasteiger partial charge is 0.381 e. The minimum absolute atomic E-state index is 0.268. The van der Waals surface area contributed by atoms with E-state index in [2.05, 4.69) is 16.7 Å². The van der Waals surface area contributed by atoms with Crippen LogP contribution >= 0.6 is 0 Å². The maximum Gasteiger partial charge on any atom is 0.261 e. The summed E-state index contributed by atoms with van der Waals surface area (Å²) in [5.74, 6) is 0.532. The van der Waals surface area contributed by atoms with Gasteiger partial charge in [-0.3, -0.25) is 9.40 Å². The maximum absolute atomic E-state index is 12.5. The van der Waals surface area contributed by atoms with Crippen LogP contribution in [0.25, 0.3) is 0 Å². The molecule has 0 atom stereocenters. The average Bonchev–Trinajstić information content (AvgIpc) is 3.03. The SMILES string of the molecule is CCCc1ccc(S(=O)(=O)Nc2cnn(CC3CCOCC3)c2)cc1. The van der Waals surface area contributed by atoms with Crippen LogP contribution in [0, 0.1) is 5.92 Å². The van der Waals surface area contributed by atoms with Crippen LogP contribution in [0.5, 0.6) is 0 Å². The molecule has 0 aliphatic carbocycles. The molecule has 1 aliphatic heterocycles. The van der Waals surface area contributed by atoms with Crippen LogP contribution in [0.3, 0.4) is 0 Å². The number of nitrogens with one attached hydrogen (secondary N) is 1. The van der Waals surface area contributed by atoms with Gasteiger partial charge in [-0.05, 0) is 42.9 Å². The van der Waals surface area contributed by atoms with Crippen LogP contribution in [0.4, 0.5) is 5.69 Å². The number of hydrogen-bond donors (Lipinski definition) is 1. The molecule has 136 valence electrons. The molecule has 1 N–H and O–H groups in total. The third-order valence-electron chi connectivity index (χ3n) is 4.44. The van der Waals surface area contributed by atoms with Gasteiger partial charge in [0.2, 0.25) is 0 Å². The molecule has 0 spiro atoms. The zero-order valence-electron chi connectivity index (χ0n) is 14.5. The summed E-state index contributed by atoms with van der Waals surface area (Å²) in [6.07, 6.45) is 7.33. The van der Waals surface area contributed by atoms with Crippen molar-refractivity contribution in [2.24, 2.45) is 5.92 Å². The lowest BCUT2D eigenvalue weighted by molar-refractivity contribution is 0.0601. The van der Waals surface area contributed by atoms with Crippen LogP contribution in [0.2, 0.25) is 0 Å². The van der Waals surface area contributed by atoms with E-state index in [1.807, 2.05) is 12.1 Å². The standard InChI is InChI=1S/C18H25N3O3S/c1-2-3-15-4-6-18(7-5-15)25(22,23)20-17-12-19-21(14-17)13-16-8-10-24-11-9-16/h4-7,12,14,16,20H,2-3,8-11,13H2,1H3. The summed E-state index contributed by atoms with van der Waals surface area (Å²) in [6, 6.07) is 7.04. The lowest BCUT2D eigenvalue weighted by Gasteiger charge is -2.21. The monoisotopic (exact) mass is 363 g/mol. The highest BCUT2D eigenvalue weighted by Crippen LogP contribution is 2.19. The van der Waals surface area contributed by atoms with Gasteiger partial charge in [0.25, 0.3) is 10.0 Å². The van der Waals surface area contributed by atoms with Crippen LogP contribution in [-0.2, 0) is 27.7 Å². The van der Waals surface area contributed by atoms with Crippen molar-refractivity contribution < 1.29 is 13.2 Å². The molecule has 0 amide bonds. The zero-order valence-corrected chi connectivity index (χ0v) is 15.3. The van der Waals surface area contributed by atoms with Crippen molar-refractivity contribution in [3.63, 3.8) is 0 Å². The van der Waals surface area contributed by atoms with Crippen molar-refractivity contribution in [3.8, 4) is 0 Å². The van der Waals surface area contributed by atoms with Crippen LogP contribution < -0.4 is 4.72 Å². The Morgan fingerprint density at radius 3 is 2.64 bits per heavy atom. The van der Waals surface area contributed by atoms with Crippen molar-refractivity contribution in [2.45, 2.75) is 44.0 Å². The molecule has 1 saturated heterocycles. The summed E-state index contributed by atoms with van der Waals surface area (Å²) in [5, 5.41) is 4.28. The molecule has 2 heterocycles. The third-order valence-corrected chi connectivity index (χ3v) is 5.84. The fourth-order valence-corrected chi connectivity index (χ4v) is 4.08. The number of sulfonamides is 1. The first-order valence-electron chi connectivity index (χ1n) is 8.79. The number of anilines is 1. The van der Waals surface area contributed by atoms with E-state index >= 15 is 0 Å². The van der Waals surface area contributed by atoms with Gasteiger partial charge in [0.15, 0.2) is 0 Å². The summed E-state index contributed by atoms with van der Waals surface area (Å²) in [5.41, 5.74) is 1.63. The Morgan fingerprint density at radius 2 is 1.96 bits per heavy atom. The fourth-order valence-electron chi connectivity index (χ4n) is 3.05. The Kier molecular flexibility index (Phi) is 5.75. The number of aromatic nitrogens is 2. The van der Waals surface area contributed by atoms with Crippen molar-refractivity contribution in [1.29, 1.82) is 0 Å². The molecular formula is C18H25N3O3S. The molecule has 0 radical (unpaired) electrons. The molecule has 1 aliphatic rings. The number of rotatable bonds is 7. The Bertz CT molecular complexity index is 778. The predicted molar refractivity (Wildman–Crippen MR) is 97.0 cm³/mol. The molecular weight excluding hydrogens is 338 g/mol. The second kappa shape index (κ2) is 8.01. The first-order valence-corrected chi connectivity index (χ1v) is 10.3. The molecule has 1 aromatic carbocycles. The van der Waals surface area contributed by atoms with E-state index in [1.54, 1.807) is 29.2 Å². The van der Waals surface area contributed by atoms with E-state index in [9.17, 15) is 8.42 Å². The van der Waals surface area contributed by atoms with Crippen molar-refractivity contribution >= 4 is 15.7 Å². The zero-order chi connectivity index (χ0) is 17.7. The Balaban J connectivity index is 1.64. The fraction of sp³-hybridized carbons (Fsp3) is 0.500. The summed E-state index contributed by atoms with van der Waals surface area (Å²) in [4.78, 5) is 0.268. The van der Waals surface area contributed by atoms with E-state index in [0.717, 1.165) is 51.0 Å². The highest BCUT2D eigenvalue weighted by atomic mass is 32.2. The first-order chi connectivity index (χ1) is 12.1. The lowest BCUT2D eigenvalue weighted by Crippen LogP contribution is -2.20. The van der Waals surface area contributed by atoms with E-state index in [4.69, 9.17) is 4.74 Å². The summed E-state index contributed by atoms with van der Waals surface area (Å²) in [7, 11) is -3.59. The van der Waals surface area contributed by atoms with Crippen LogP contribution in [0.1, 0.15) is 31.7 Å². The second-order valence-corrected chi connectivity index (χ2v) is 8.19. The molecule has 6 nitrogen and oxygen atoms in total. The van der Waals surface area contributed by atoms with E-state index < -0.39 is 10.0 Å².